The van der Waals surface area contributed by atoms with Gasteiger partial charge in [-0.3, -0.25) is 14.3 Å². The molecule has 0 atom stereocenters. The third-order valence-electron chi connectivity index (χ3n) is 6.41. The Morgan fingerprint density at radius 3 is 2.50 bits per heavy atom. The second-order valence-electron chi connectivity index (χ2n) is 8.60. The molecule has 1 aromatic heterocycles. The Morgan fingerprint density at radius 1 is 0.882 bits per heavy atom. The third-order valence-corrected chi connectivity index (χ3v) is 6.41. The topological polar surface area (TPSA) is 56.6 Å². The van der Waals surface area contributed by atoms with E-state index >= 15 is 0 Å². The number of rotatable bonds is 7. The van der Waals surface area contributed by atoms with E-state index in [2.05, 4.69) is 9.88 Å². The molecular formula is C28H29N3O3. The van der Waals surface area contributed by atoms with Crippen molar-refractivity contribution >= 4 is 10.9 Å². The Labute approximate surface area is 199 Å². The first-order valence-electron chi connectivity index (χ1n) is 11.8. The van der Waals surface area contributed by atoms with Crippen LogP contribution in [-0.2, 0) is 0 Å². The first-order chi connectivity index (χ1) is 16.7. The van der Waals surface area contributed by atoms with Crippen LogP contribution in [-0.4, -0.2) is 47.8 Å². The molecule has 34 heavy (non-hydrogen) atoms. The van der Waals surface area contributed by atoms with Gasteiger partial charge in [0, 0.05) is 12.6 Å². The first kappa shape index (κ1) is 22.2. The third kappa shape index (κ3) is 4.68. The maximum atomic E-state index is 13.3. The van der Waals surface area contributed by atoms with Gasteiger partial charge in [0.25, 0.3) is 5.56 Å². The normalized spacial score (nSPS) is 14.3. The second kappa shape index (κ2) is 10.1. The minimum Gasteiger partial charge on any atom is -0.493 e. The Hall–Kier alpha value is -3.64. The van der Waals surface area contributed by atoms with Gasteiger partial charge in [0.1, 0.15) is 12.9 Å². The van der Waals surface area contributed by atoms with E-state index in [0.717, 1.165) is 30.8 Å². The van der Waals surface area contributed by atoms with Gasteiger partial charge in [0.15, 0.2) is 11.5 Å². The fraction of sp³-hybridized carbons (Fsp3) is 0.286. The van der Waals surface area contributed by atoms with Crippen molar-refractivity contribution in [1.29, 1.82) is 0 Å². The van der Waals surface area contributed by atoms with E-state index in [0.29, 0.717) is 34.7 Å². The highest BCUT2D eigenvalue weighted by atomic mass is 16.5. The van der Waals surface area contributed by atoms with Gasteiger partial charge in [-0.25, -0.2) is 4.98 Å². The van der Waals surface area contributed by atoms with Gasteiger partial charge in [-0.2, -0.15) is 0 Å². The van der Waals surface area contributed by atoms with Gasteiger partial charge in [-0.15, -0.1) is 0 Å². The highest BCUT2D eigenvalue weighted by Crippen LogP contribution is 2.29. The molecule has 6 heteroatoms. The van der Waals surface area contributed by atoms with Crippen LogP contribution in [0.2, 0.25) is 0 Å². The number of benzene rings is 3. The maximum absolute atomic E-state index is 13.3. The molecule has 0 bridgehead atoms. The quantitative estimate of drug-likeness (QED) is 0.396. The van der Waals surface area contributed by atoms with Crippen molar-refractivity contribution in [3.8, 4) is 28.3 Å². The minimum atomic E-state index is -0.120. The molecule has 1 saturated heterocycles. The SMILES string of the molecule is COc1cc(-n2cnc3cc(-c4ccccc4)ccc3c2=O)ccc1OCCN1CCCCC1. The summed E-state index contributed by atoms with van der Waals surface area (Å²) in [6.07, 6.45) is 5.43. The zero-order valence-corrected chi connectivity index (χ0v) is 19.4. The van der Waals surface area contributed by atoms with Crippen LogP contribution in [0, 0.1) is 0 Å². The fourth-order valence-corrected chi connectivity index (χ4v) is 4.51. The lowest BCUT2D eigenvalue weighted by molar-refractivity contribution is 0.180. The van der Waals surface area contributed by atoms with Crippen LogP contribution < -0.4 is 15.0 Å². The van der Waals surface area contributed by atoms with Crippen molar-refractivity contribution in [2.45, 2.75) is 19.3 Å². The van der Waals surface area contributed by atoms with Crippen molar-refractivity contribution in [2.75, 3.05) is 33.4 Å². The van der Waals surface area contributed by atoms with E-state index < -0.39 is 0 Å². The van der Waals surface area contributed by atoms with Crippen molar-refractivity contribution in [1.82, 2.24) is 14.5 Å². The Bertz CT molecular complexity index is 1330. The maximum Gasteiger partial charge on any atom is 0.265 e. The lowest BCUT2D eigenvalue weighted by Gasteiger charge is -2.26. The van der Waals surface area contributed by atoms with Gasteiger partial charge in [0.05, 0.1) is 23.7 Å². The fourth-order valence-electron chi connectivity index (χ4n) is 4.51. The highest BCUT2D eigenvalue weighted by Gasteiger charge is 2.13. The second-order valence-corrected chi connectivity index (χ2v) is 8.60. The van der Waals surface area contributed by atoms with Gasteiger partial charge >= 0.3 is 0 Å². The molecule has 0 saturated carbocycles. The molecule has 0 radical (unpaired) electrons. The standard InChI is InChI=1S/C28H29N3O3/c1-33-27-19-23(11-13-26(27)34-17-16-30-14-6-3-7-15-30)31-20-29-25-18-22(10-12-24(25)28(31)32)21-8-4-2-5-9-21/h2,4-5,8-13,18-20H,3,6-7,14-17H2,1H3. The molecule has 0 N–H and O–H groups in total. The summed E-state index contributed by atoms with van der Waals surface area (Å²) in [5.74, 6) is 1.28. The molecule has 0 unspecified atom stereocenters. The predicted octanol–water partition coefficient (Wildman–Crippen LogP) is 4.93. The molecule has 0 aliphatic carbocycles. The van der Waals surface area contributed by atoms with Gasteiger partial charge in [0.2, 0.25) is 0 Å². The predicted molar refractivity (Wildman–Crippen MR) is 135 cm³/mol. The number of hydrogen-bond donors (Lipinski definition) is 0. The molecule has 5 rings (SSSR count). The molecule has 0 spiro atoms. The van der Waals surface area contributed by atoms with E-state index in [9.17, 15) is 4.79 Å². The number of ether oxygens (including phenoxy) is 2. The van der Waals surface area contributed by atoms with E-state index in [-0.39, 0.29) is 5.56 Å². The van der Waals surface area contributed by atoms with Gasteiger partial charge in [-0.05, 0) is 61.3 Å². The molecule has 174 valence electrons. The van der Waals surface area contributed by atoms with Crippen LogP contribution in [0.15, 0.2) is 77.9 Å². The molecule has 1 aliphatic heterocycles. The summed E-state index contributed by atoms with van der Waals surface area (Å²) < 4.78 is 13.1. The smallest absolute Gasteiger partial charge is 0.265 e. The summed E-state index contributed by atoms with van der Waals surface area (Å²) in [7, 11) is 1.61. The first-order valence-corrected chi connectivity index (χ1v) is 11.8. The molecule has 4 aromatic rings. The molecule has 6 nitrogen and oxygen atoms in total. The average molecular weight is 456 g/mol. The molecule has 1 aliphatic rings. The number of aromatic nitrogens is 2. The largest absolute Gasteiger partial charge is 0.493 e. The van der Waals surface area contributed by atoms with Crippen LogP contribution in [0.5, 0.6) is 11.5 Å². The summed E-state index contributed by atoms with van der Waals surface area (Å²) in [6.45, 7) is 3.80. The zero-order chi connectivity index (χ0) is 23.3. The molecule has 0 amide bonds. The number of likely N-dealkylation sites (tertiary alicyclic amines) is 1. The molecule has 3 aromatic carbocycles. The summed E-state index contributed by atoms with van der Waals surface area (Å²) >= 11 is 0. The Morgan fingerprint density at radius 2 is 1.71 bits per heavy atom. The number of nitrogens with zero attached hydrogens (tertiary/aromatic N) is 3. The van der Waals surface area contributed by atoms with Crippen LogP contribution in [0.3, 0.4) is 0 Å². The van der Waals surface area contributed by atoms with Gasteiger partial charge in [-0.1, -0.05) is 42.8 Å². The lowest BCUT2D eigenvalue weighted by Crippen LogP contribution is -2.33. The molecule has 1 fully saturated rings. The Balaban J connectivity index is 1.38. The Kier molecular flexibility index (Phi) is 6.58. The van der Waals surface area contributed by atoms with Gasteiger partial charge < -0.3 is 9.47 Å². The number of piperidine rings is 1. The van der Waals surface area contributed by atoms with E-state index in [1.54, 1.807) is 18.0 Å². The molecule has 2 heterocycles. The number of hydrogen-bond acceptors (Lipinski definition) is 5. The summed E-state index contributed by atoms with van der Waals surface area (Å²) in [6, 6.07) is 21.4. The van der Waals surface area contributed by atoms with Crippen molar-refractivity contribution in [3.05, 3.63) is 83.4 Å². The number of fused-ring (bicyclic) bond motifs is 1. The van der Waals surface area contributed by atoms with Crippen LogP contribution >= 0.6 is 0 Å². The number of methoxy groups -OCH3 is 1. The van der Waals surface area contributed by atoms with Crippen molar-refractivity contribution in [3.63, 3.8) is 0 Å². The summed E-state index contributed by atoms with van der Waals surface area (Å²) in [4.78, 5) is 20.3. The lowest BCUT2D eigenvalue weighted by atomic mass is 10.0. The summed E-state index contributed by atoms with van der Waals surface area (Å²) in [5.41, 5.74) is 3.37. The summed E-state index contributed by atoms with van der Waals surface area (Å²) in [5, 5.41) is 0.572. The van der Waals surface area contributed by atoms with E-state index in [1.807, 2.05) is 66.7 Å². The van der Waals surface area contributed by atoms with Crippen LogP contribution in [0.25, 0.3) is 27.7 Å². The molecular weight excluding hydrogens is 426 g/mol. The van der Waals surface area contributed by atoms with Crippen molar-refractivity contribution in [2.24, 2.45) is 0 Å². The van der Waals surface area contributed by atoms with Crippen LogP contribution in [0.4, 0.5) is 0 Å². The van der Waals surface area contributed by atoms with E-state index in [1.165, 1.54) is 19.3 Å². The highest BCUT2D eigenvalue weighted by molar-refractivity contribution is 5.83. The minimum absolute atomic E-state index is 0.120. The average Bonchev–Trinajstić information content (AvgIpc) is 2.90. The van der Waals surface area contributed by atoms with E-state index in [4.69, 9.17) is 9.47 Å². The van der Waals surface area contributed by atoms with Crippen molar-refractivity contribution < 1.29 is 9.47 Å². The van der Waals surface area contributed by atoms with Crippen LogP contribution in [0.1, 0.15) is 19.3 Å². The monoisotopic (exact) mass is 455 g/mol. The zero-order valence-electron chi connectivity index (χ0n) is 19.4.